The molecule has 3 atom stereocenters. The maximum atomic E-state index is 12.1. The molecule has 1 saturated heterocycles. The molecule has 0 aromatic carbocycles. The van der Waals surface area contributed by atoms with Crippen molar-refractivity contribution in [3.8, 4) is 0 Å². The highest BCUT2D eigenvalue weighted by molar-refractivity contribution is 5.82. The van der Waals surface area contributed by atoms with E-state index in [4.69, 9.17) is 5.11 Å². The van der Waals surface area contributed by atoms with Gasteiger partial charge in [0.25, 0.3) is 0 Å². The van der Waals surface area contributed by atoms with Crippen LogP contribution in [0.25, 0.3) is 0 Å². The molecule has 0 aliphatic carbocycles. The van der Waals surface area contributed by atoms with E-state index in [2.05, 4.69) is 0 Å². The van der Waals surface area contributed by atoms with Gasteiger partial charge in [0.15, 0.2) is 0 Å². The predicted molar refractivity (Wildman–Crippen MR) is 66.2 cm³/mol. The molecule has 0 bridgehead atoms. The molecular weight excluding hydrogens is 236 g/mol. The van der Waals surface area contributed by atoms with Crippen LogP contribution in [0, 0.1) is 5.92 Å². The minimum absolute atomic E-state index is 0.181. The summed E-state index contributed by atoms with van der Waals surface area (Å²) in [4.78, 5) is 25.9. The van der Waals surface area contributed by atoms with E-state index >= 15 is 0 Å². The van der Waals surface area contributed by atoms with Crippen molar-refractivity contribution in [1.82, 2.24) is 9.80 Å². The summed E-state index contributed by atoms with van der Waals surface area (Å²) in [6.45, 7) is 4.52. The van der Waals surface area contributed by atoms with Crippen LogP contribution in [0.1, 0.15) is 26.7 Å². The van der Waals surface area contributed by atoms with Gasteiger partial charge in [-0.2, -0.15) is 0 Å². The summed E-state index contributed by atoms with van der Waals surface area (Å²) >= 11 is 0. The number of hydrogen-bond donors (Lipinski definition) is 2. The number of hydrogen-bond acceptors (Lipinski definition) is 3. The Morgan fingerprint density at radius 2 is 2.11 bits per heavy atom. The van der Waals surface area contributed by atoms with Gasteiger partial charge in [-0.3, -0.25) is 0 Å². The highest BCUT2D eigenvalue weighted by Gasteiger charge is 2.32. The lowest BCUT2D eigenvalue weighted by atomic mass is 9.96. The van der Waals surface area contributed by atoms with Gasteiger partial charge in [0.05, 0.1) is 6.10 Å². The second-order valence-corrected chi connectivity index (χ2v) is 4.94. The Morgan fingerprint density at radius 1 is 1.50 bits per heavy atom. The van der Waals surface area contributed by atoms with Crippen molar-refractivity contribution >= 4 is 12.0 Å². The van der Waals surface area contributed by atoms with Crippen molar-refractivity contribution in [2.75, 3.05) is 20.1 Å². The number of nitrogens with zero attached hydrogens (tertiary/aromatic N) is 2. The van der Waals surface area contributed by atoms with E-state index in [0.29, 0.717) is 13.0 Å². The van der Waals surface area contributed by atoms with Crippen LogP contribution in [0.5, 0.6) is 0 Å². The maximum absolute atomic E-state index is 12.1. The Morgan fingerprint density at radius 3 is 2.56 bits per heavy atom. The van der Waals surface area contributed by atoms with Crippen molar-refractivity contribution in [2.45, 2.75) is 38.8 Å². The molecule has 6 nitrogen and oxygen atoms in total. The van der Waals surface area contributed by atoms with Crippen LogP contribution < -0.4 is 0 Å². The number of carboxylic acid groups (broad SMARTS) is 1. The van der Waals surface area contributed by atoms with Crippen molar-refractivity contribution in [3.05, 3.63) is 0 Å². The molecular formula is C12H22N2O4. The number of piperidine rings is 1. The van der Waals surface area contributed by atoms with E-state index < -0.39 is 18.1 Å². The molecule has 2 N–H and O–H groups in total. The third-order valence-electron chi connectivity index (χ3n) is 3.63. The average Bonchev–Trinajstić information content (AvgIpc) is 2.32. The van der Waals surface area contributed by atoms with Crippen LogP contribution in [-0.2, 0) is 4.79 Å². The average molecular weight is 258 g/mol. The van der Waals surface area contributed by atoms with Crippen LogP contribution in [0.15, 0.2) is 0 Å². The van der Waals surface area contributed by atoms with Crippen molar-refractivity contribution < 1.29 is 19.8 Å². The van der Waals surface area contributed by atoms with E-state index in [1.807, 2.05) is 6.92 Å². The third kappa shape index (κ3) is 3.13. The zero-order valence-corrected chi connectivity index (χ0v) is 11.2. The van der Waals surface area contributed by atoms with Gasteiger partial charge in [0, 0.05) is 20.1 Å². The summed E-state index contributed by atoms with van der Waals surface area (Å²) in [7, 11) is 1.50. The van der Waals surface area contributed by atoms with Gasteiger partial charge in [0.2, 0.25) is 0 Å². The summed E-state index contributed by atoms with van der Waals surface area (Å²) in [5.74, 6) is -0.819. The molecule has 1 rings (SSSR count). The minimum Gasteiger partial charge on any atom is -0.480 e. The Hall–Kier alpha value is -1.30. The number of likely N-dealkylation sites (tertiary alicyclic amines) is 1. The fourth-order valence-electron chi connectivity index (χ4n) is 2.19. The van der Waals surface area contributed by atoms with Crippen LogP contribution in [0.4, 0.5) is 4.79 Å². The second kappa shape index (κ2) is 6.04. The fraction of sp³-hybridized carbons (Fsp3) is 0.833. The van der Waals surface area contributed by atoms with Gasteiger partial charge >= 0.3 is 12.0 Å². The number of carbonyl (C=O) groups is 2. The number of urea groups is 1. The monoisotopic (exact) mass is 258 g/mol. The SMILES string of the molecule is CCC(C(=O)O)N(C)C(=O)N1CCC(C)C(O)C1. The van der Waals surface area contributed by atoms with E-state index in [1.54, 1.807) is 6.92 Å². The van der Waals surface area contributed by atoms with Crippen molar-refractivity contribution in [2.24, 2.45) is 5.92 Å². The summed E-state index contributed by atoms with van der Waals surface area (Å²) in [5, 5.41) is 18.8. The standard InChI is InChI=1S/C12H22N2O4/c1-4-9(11(16)17)13(3)12(18)14-6-5-8(2)10(15)7-14/h8-10,15H,4-7H2,1-3H3,(H,16,17). The molecule has 0 radical (unpaired) electrons. The van der Waals surface area contributed by atoms with Crippen LogP contribution in [-0.4, -0.2) is 64.3 Å². The van der Waals surface area contributed by atoms with Gasteiger partial charge in [-0.1, -0.05) is 13.8 Å². The summed E-state index contributed by atoms with van der Waals surface area (Å²) in [5.41, 5.74) is 0. The number of rotatable bonds is 3. The normalized spacial score (nSPS) is 25.7. The first kappa shape index (κ1) is 14.8. The third-order valence-corrected chi connectivity index (χ3v) is 3.63. The number of β-amino-alcohol motifs (C(OH)–C–C–N with tert-alkyl or cyclic N) is 1. The molecule has 3 unspecified atom stereocenters. The smallest absolute Gasteiger partial charge is 0.326 e. The van der Waals surface area contributed by atoms with Crippen LogP contribution in [0.3, 0.4) is 0 Å². The van der Waals surface area contributed by atoms with Gasteiger partial charge < -0.3 is 20.0 Å². The summed E-state index contributed by atoms with van der Waals surface area (Å²) < 4.78 is 0. The van der Waals surface area contributed by atoms with E-state index in [9.17, 15) is 14.7 Å². The molecule has 1 heterocycles. The Labute approximate surface area is 107 Å². The van der Waals surface area contributed by atoms with E-state index in [1.165, 1.54) is 16.8 Å². The quantitative estimate of drug-likeness (QED) is 0.777. The van der Waals surface area contributed by atoms with E-state index in [-0.39, 0.29) is 18.5 Å². The van der Waals surface area contributed by atoms with Crippen molar-refractivity contribution in [1.29, 1.82) is 0 Å². The molecule has 1 fully saturated rings. The Balaban J connectivity index is 2.66. The summed E-state index contributed by atoms with van der Waals surface area (Å²) in [6.07, 6.45) is 0.579. The number of carboxylic acids is 1. The number of aliphatic hydroxyl groups is 1. The molecule has 2 amide bonds. The number of aliphatic carboxylic acids is 1. The van der Waals surface area contributed by atoms with Gasteiger partial charge in [-0.25, -0.2) is 9.59 Å². The molecule has 104 valence electrons. The fourth-order valence-corrected chi connectivity index (χ4v) is 2.19. The molecule has 1 aliphatic rings. The largest absolute Gasteiger partial charge is 0.480 e. The molecule has 1 aliphatic heterocycles. The first-order valence-corrected chi connectivity index (χ1v) is 6.31. The predicted octanol–water partition coefficient (Wildman–Crippen LogP) is 0.604. The molecule has 18 heavy (non-hydrogen) atoms. The molecule has 0 aromatic heterocycles. The Bertz CT molecular complexity index is 321. The molecule has 0 aromatic rings. The highest BCUT2D eigenvalue weighted by atomic mass is 16.4. The van der Waals surface area contributed by atoms with Gasteiger partial charge in [-0.05, 0) is 18.8 Å². The van der Waals surface area contributed by atoms with Crippen LogP contribution >= 0.6 is 0 Å². The lowest BCUT2D eigenvalue weighted by Gasteiger charge is -2.37. The molecule has 0 saturated carbocycles. The first-order chi connectivity index (χ1) is 8.38. The van der Waals surface area contributed by atoms with Crippen molar-refractivity contribution in [3.63, 3.8) is 0 Å². The Kier molecular flexibility index (Phi) is 4.95. The first-order valence-electron chi connectivity index (χ1n) is 6.31. The summed E-state index contributed by atoms with van der Waals surface area (Å²) in [6, 6.07) is -1.14. The lowest BCUT2D eigenvalue weighted by molar-refractivity contribution is -0.142. The van der Waals surface area contributed by atoms with Gasteiger partial charge in [0.1, 0.15) is 6.04 Å². The number of carbonyl (C=O) groups excluding carboxylic acids is 1. The molecule has 6 heteroatoms. The number of likely N-dealkylation sites (N-methyl/N-ethyl adjacent to an activating group) is 1. The maximum Gasteiger partial charge on any atom is 0.326 e. The van der Waals surface area contributed by atoms with Gasteiger partial charge in [-0.15, -0.1) is 0 Å². The zero-order valence-electron chi connectivity index (χ0n) is 11.2. The number of aliphatic hydroxyl groups excluding tert-OH is 1. The van der Waals surface area contributed by atoms with E-state index in [0.717, 1.165) is 6.42 Å². The second-order valence-electron chi connectivity index (χ2n) is 4.94. The highest BCUT2D eigenvalue weighted by Crippen LogP contribution is 2.18. The van der Waals surface area contributed by atoms with Crippen LogP contribution in [0.2, 0.25) is 0 Å². The minimum atomic E-state index is -1.00. The molecule has 0 spiro atoms. The number of amides is 2. The lowest BCUT2D eigenvalue weighted by Crippen LogP contribution is -2.53. The topological polar surface area (TPSA) is 81.1 Å². The zero-order chi connectivity index (χ0) is 13.9.